The van der Waals surface area contributed by atoms with E-state index in [1.54, 1.807) is 7.11 Å². The Kier molecular flexibility index (Phi) is 5.97. The van der Waals surface area contributed by atoms with Crippen LogP contribution in [0.1, 0.15) is 11.1 Å². The van der Waals surface area contributed by atoms with Crippen molar-refractivity contribution < 1.29 is 9.53 Å². The molecule has 3 N–H and O–H groups in total. The van der Waals surface area contributed by atoms with Crippen molar-refractivity contribution >= 4 is 17.7 Å². The molecule has 0 fully saturated rings. The van der Waals surface area contributed by atoms with Crippen LogP contribution in [0.15, 0.2) is 53.7 Å². The molecule has 7 nitrogen and oxygen atoms in total. The van der Waals surface area contributed by atoms with Crippen molar-refractivity contribution in [2.24, 2.45) is 0 Å². The number of aryl methyl sites for hydroxylation is 1. The predicted molar refractivity (Wildman–Crippen MR) is 106 cm³/mol. The van der Waals surface area contributed by atoms with Gasteiger partial charge in [-0.05, 0) is 30.2 Å². The Morgan fingerprint density at radius 1 is 1.19 bits per heavy atom. The average Bonchev–Trinajstić information content (AvgIpc) is 3.06. The summed E-state index contributed by atoms with van der Waals surface area (Å²) < 4.78 is 6.71. The molecule has 0 aliphatic rings. The van der Waals surface area contributed by atoms with Crippen LogP contribution in [0.4, 0.5) is 0 Å². The van der Waals surface area contributed by atoms with E-state index in [4.69, 9.17) is 10.6 Å². The molecule has 0 bridgehead atoms. The first-order chi connectivity index (χ1) is 13.1. The number of benzene rings is 2. The van der Waals surface area contributed by atoms with Gasteiger partial charge in [0.1, 0.15) is 5.75 Å². The van der Waals surface area contributed by atoms with E-state index in [1.807, 2.05) is 55.5 Å². The zero-order valence-corrected chi connectivity index (χ0v) is 16.0. The molecular formula is C19H21N5O2S. The Labute approximate surface area is 161 Å². The number of nitrogen functional groups attached to an aromatic ring is 1. The summed E-state index contributed by atoms with van der Waals surface area (Å²) in [5.74, 6) is 7.36. The van der Waals surface area contributed by atoms with Gasteiger partial charge in [-0.15, -0.1) is 10.2 Å². The Hall–Kier alpha value is -3.00. The minimum atomic E-state index is -0.0925. The standard InChI is InChI=1S/C19H21N5O2S/c1-13-7-3-4-8-14(13)11-21-17(25)12-27-19-23-22-18(24(19)20)15-9-5-6-10-16(15)26-2/h3-10H,11-12,20H2,1-2H3,(H,21,25). The second kappa shape index (κ2) is 8.59. The Morgan fingerprint density at radius 3 is 2.70 bits per heavy atom. The van der Waals surface area contributed by atoms with Crippen molar-refractivity contribution in [2.45, 2.75) is 18.6 Å². The number of ether oxygens (including phenoxy) is 1. The van der Waals surface area contributed by atoms with Gasteiger partial charge in [-0.3, -0.25) is 4.79 Å². The van der Waals surface area contributed by atoms with E-state index >= 15 is 0 Å². The van der Waals surface area contributed by atoms with E-state index in [0.29, 0.717) is 23.3 Å². The predicted octanol–water partition coefficient (Wildman–Crippen LogP) is 2.38. The van der Waals surface area contributed by atoms with Crippen molar-refractivity contribution in [3.63, 3.8) is 0 Å². The molecule has 1 aromatic heterocycles. The summed E-state index contributed by atoms with van der Waals surface area (Å²) in [5.41, 5.74) is 2.98. The van der Waals surface area contributed by atoms with E-state index in [0.717, 1.165) is 16.7 Å². The molecule has 1 amide bonds. The number of nitrogens with zero attached hydrogens (tertiary/aromatic N) is 3. The quantitative estimate of drug-likeness (QED) is 0.480. The maximum atomic E-state index is 12.1. The third-order valence-electron chi connectivity index (χ3n) is 4.08. The van der Waals surface area contributed by atoms with Crippen LogP contribution in [-0.2, 0) is 11.3 Å². The number of nitrogens with one attached hydrogen (secondary N) is 1. The zero-order chi connectivity index (χ0) is 19.2. The van der Waals surface area contributed by atoms with E-state index in [-0.39, 0.29) is 11.7 Å². The van der Waals surface area contributed by atoms with Gasteiger partial charge in [0.2, 0.25) is 11.1 Å². The molecule has 3 aromatic rings. The van der Waals surface area contributed by atoms with Crippen molar-refractivity contribution in [2.75, 3.05) is 18.7 Å². The Morgan fingerprint density at radius 2 is 1.93 bits per heavy atom. The van der Waals surface area contributed by atoms with Crippen LogP contribution in [0.25, 0.3) is 11.4 Å². The fourth-order valence-electron chi connectivity index (χ4n) is 2.57. The number of carbonyl (C=O) groups is 1. The van der Waals surface area contributed by atoms with Crippen LogP contribution < -0.4 is 15.9 Å². The van der Waals surface area contributed by atoms with Gasteiger partial charge in [0.15, 0.2) is 5.82 Å². The van der Waals surface area contributed by atoms with Gasteiger partial charge < -0.3 is 15.9 Å². The first-order valence-electron chi connectivity index (χ1n) is 8.38. The lowest BCUT2D eigenvalue weighted by Crippen LogP contribution is -2.25. The van der Waals surface area contributed by atoms with Crippen LogP contribution in [0, 0.1) is 6.92 Å². The monoisotopic (exact) mass is 383 g/mol. The molecule has 0 unspecified atom stereocenters. The summed E-state index contributed by atoms with van der Waals surface area (Å²) in [4.78, 5) is 12.1. The van der Waals surface area contributed by atoms with E-state index in [9.17, 15) is 4.79 Å². The molecule has 3 rings (SSSR count). The van der Waals surface area contributed by atoms with Gasteiger partial charge in [0, 0.05) is 6.54 Å². The van der Waals surface area contributed by atoms with Gasteiger partial charge in [-0.1, -0.05) is 48.2 Å². The molecule has 27 heavy (non-hydrogen) atoms. The summed E-state index contributed by atoms with van der Waals surface area (Å²) in [6.45, 7) is 2.51. The molecule has 0 aliphatic heterocycles. The number of aromatic nitrogens is 3. The van der Waals surface area contributed by atoms with Crippen molar-refractivity contribution in [1.29, 1.82) is 0 Å². The zero-order valence-electron chi connectivity index (χ0n) is 15.2. The Balaban J connectivity index is 1.61. The minimum absolute atomic E-state index is 0.0925. The van der Waals surface area contributed by atoms with Crippen LogP contribution in [0.3, 0.4) is 0 Å². The molecule has 8 heteroatoms. The number of thioether (sulfide) groups is 1. The van der Waals surface area contributed by atoms with Crippen LogP contribution in [-0.4, -0.2) is 33.6 Å². The van der Waals surface area contributed by atoms with Crippen molar-refractivity contribution in [1.82, 2.24) is 20.2 Å². The van der Waals surface area contributed by atoms with Gasteiger partial charge in [-0.2, -0.15) is 0 Å². The SMILES string of the molecule is COc1ccccc1-c1nnc(SCC(=O)NCc2ccccc2C)n1N. The lowest BCUT2D eigenvalue weighted by atomic mass is 10.1. The smallest absolute Gasteiger partial charge is 0.230 e. The third-order valence-corrected chi connectivity index (χ3v) is 5.03. The summed E-state index contributed by atoms with van der Waals surface area (Å²) >= 11 is 1.23. The fourth-order valence-corrected chi connectivity index (χ4v) is 3.26. The second-order valence-corrected chi connectivity index (χ2v) is 6.81. The molecule has 0 radical (unpaired) electrons. The van der Waals surface area contributed by atoms with E-state index in [2.05, 4.69) is 15.5 Å². The number of nitrogens with two attached hydrogens (primary N) is 1. The Bertz CT molecular complexity index is 941. The average molecular weight is 383 g/mol. The first kappa shape index (κ1) is 18.8. The lowest BCUT2D eigenvalue weighted by molar-refractivity contribution is -0.118. The lowest BCUT2D eigenvalue weighted by Gasteiger charge is -2.08. The topological polar surface area (TPSA) is 95.1 Å². The number of amides is 1. The summed E-state index contributed by atoms with van der Waals surface area (Å²) in [6.07, 6.45) is 0. The van der Waals surface area contributed by atoms with E-state index in [1.165, 1.54) is 16.4 Å². The number of hydrogen-bond acceptors (Lipinski definition) is 6. The summed E-state index contributed by atoms with van der Waals surface area (Å²) in [7, 11) is 1.59. The first-order valence-corrected chi connectivity index (χ1v) is 9.36. The molecule has 2 aromatic carbocycles. The largest absolute Gasteiger partial charge is 0.496 e. The highest BCUT2D eigenvalue weighted by molar-refractivity contribution is 7.99. The molecule has 1 heterocycles. The molecule has 0 atom stereocenters. The van der Waals surface area contributed by atoms with Crippen molar-refractivity contribution in [3.05, 3.63) is 59.7 Å². The number of carbonyl (C=O) groups excluding carboxylic acids is 1. The number of rotatable bonds is 7. The maximum Gasteiger partial charge on any atom is 0.230 e. The summed E-state index contributed by atoms with van der Waals surface area (Å²) in [6, 6.07) is 15.4. The van der Waals surface area contributed by atoms with Gasteiger partial charge in [0.05, 0.1) is 18.4 Å². The number of hydrogen-bond donors (Lipinski definition) is 2. The van der Waals surface area contributed by atoms with Crippen LogP contribution in [0.2, 0.25) is 0 Å². The third kappa shape index (κ3) is 4.40. The minimum Gasteiger partial charge on any atom is -0.496 e. The van der Waals surface area contributed by atoms with Crippen molar-refractivity contribution in [3.8, 4) is 17.1 Å². The molecular weight excluding hydrogens is 362 g/mol. The number of methoxy groups -OCH3 is 1. The molecule has 140 valence electrons. The molecule has 0 spiro atoms. The fraction of sp³-hybridized carbons (Fsp3) is 0.211. The highest BCUT2D eigenvalue weighted by Gasteiger charge is 2.16. The van der Waals surface area contributed by atoms with Gasteiger partial charge >= 0.3 is 0 Å². The van der Waals surface area contributed by atoms with Crippen LogP contribution in [0.5, 0.6) is 5.75 Å². The molecule has 0 saturated carbocycles. The number of para-hydroxylation sites is 1. The van der Waals surface area contributed by atoms with Crippen LogP contribution >= 0.6 is 11.8 Å². The highest BCUT2D eigenvalue weighted by atomic mass is 32.2. The highest BCUT2D eigenvalue weighted by Crippen LogP contribution is 2.29. The normalized spacial score (nSPS) is 10.6. The van der Waals surface area contributed by atoms with Gasteiger partial charge in [0.25, 0.3) is 0 Å². The second-order valence-electron chi connectivity index (χ2n) is 5.87. The molecule has 0 saturated heterocycles. The molecule has 0 aliphatic carbocycles. The van der Waals surface area contributed by atoms with Gasteiger partial charge in [-0.25, -0.2) is 4.68 Å². The maximum absolute atomic E-state index is 12.1. The van der Waals surface area contributed by atoms with E-state index < -0.39 is 0 Å². The summed E-state index contributed by atoms with van der Waals surface area (Å²) in [5, 5.41) is 11.6.